The van der Waals surface area contributed by atoms with Gasteiger partial charge < -0.3 is 5.11 Å². The molecule has 1 N–H and O–H groups in total. The molecule has 3 rings (SSSR count). The molecule has 0 spiro atoms. The van der Waals surface area contributed by atoms with E-state index in [0.717, 1.165) is 17.5 Å². The average molecular weight is 508 g/mol. The van der Waals surface area contributed by atoms with E-state index >= 15 is 0 Å². The fraction of sp³-hybridized carbons (Fsp3) is 0.379. The summed E-state index contributed by atoms with van der Waals surface area (Å²) >= 11 is 5.94. The zero-order valence-electron chi connectivity index (χ0n) is 22.0. The molecule has 0 aromatic heterocycles. The Kier molecular flexibility index (Phi) is 7.61. The number of hydrogen-bond donors (Lipinski definition) is 1. The van der Waals surface area contributed by atoms with Crippen LogP contribution in [0.5, 0.6) is 5.75 Å². The molecule has 0 heterocycles. The molecule has 0 saturated heterocycles. The van der Waals surface area contributed by atoms with Gasteiger partial charge in [0, 0.05) is 22.1 Å². The Labute approximate surface area is 218 Å². The Morgan fingerprint density at radius 3 is 2.06 bits per heavy atom. The molecule has 36 heavy (non-hydrogen) atoms. The molecule has 0 aliphatic carbocycles. The molecule has 0 aliphatic rings. The van der Waals surface area contributed by atoms with Crippen LogP contribution in [0, 0.1) is 15.5 Å². The molecule has 0 atom stereocenters. The zero-order chi connectivity index (χ0) is 26.9. The second-order valence-electron chi connectivity index (χ2n) is 11.6. The number of rotatable bonds is 7. The van der Waals surface area contributed by atoms with E-state index in [0.29, 0.717) is 5.56 Å². The lowest BCUT2D eigenvalue weighted by atomic mass is 9.70. The van der Waals surface area contributed by atoms with Crippen LogP contribution in [-0.2, 0) is 10.8 Å². The standard InChI is InChI=1S/C29H34ClN3O3/c1-27(2,3)18-28(4,5)20-15-22(29(6,7)19-11-9-8-10-12-19)26(34)24(16-20)32-31-23-14-13-21(30)17-25(23)33(35)36/h8-17,34H,18H2,1-7H3. The number of aromatic hydroxyl groups is 1. The summed E-state index contributed by atoms with van der Waals surface area (Å²) in [5.74, 6) is -0.000437. The van der Waals surface area contributed by atoms with Gasteiger partial charge >= 0.3 is 0 Å². The molecule has 3 aromatic rings. The highest BCUT2D eigenvalue weighted by Gasteiger charge is 2.33. The van der Waals surface area contributed by atoms with E-state index in [1.165, 1.54) is 18.2 Å². The lowest BCUT2D eigenvalue weighted by molar-refractivity contribution is -0.384. The van der Waals surface area contributed by atoms with Crippen molar-refractivity contribution in [2.45, 2.75) is 65.7 Å². The summed E-state index contributed by atoms with van der Waals surface area (Å²) in [7, 11) is 0. The van der Waals surface area contributed by atoms with Gasteiger partial charge in [-0.15, -0.1) is 10.2 Å². The second-order valence-corrected chi connectivity index (χ2v) is 12.0. The van der Waals surface area contributed by atoms with E-state index in [-0.39, 0.29) is 38.7 Å². The molecule has 0 unspecified atom stereocenters. The molecule has 0 amide bonds. The van der Waals surface area contributed by atoms with Gasteiger partial charge in [0.2, 0.25) is 0 Å². The Bertz CT molecular complexity index is 1290. The predicted molar refractivity (Wildman–Crippen MR) is 146 cm³/mol. The summed E-state index contributed by atoms with van der Waals surface area (Å²) in [5.41, 5.74) is 2.15. The van der Waals surface area contributed by atoms with Crippen molar-refractivity contribution < 1.29 is 10.0 Å². The van der Waals surface area contributed by atoms with Crippen molar-refractivity contribution >= 4 is 28.7 Å². The van der Waals surface area contributed by atoms with Crippen molar-refractivity contribution in [3.63, 3.8) is 0 Å². The van der Waals surface area contributed by atoms with Crippen molar-refractivity contribution in [1.29, 1.82) is 0 Å². The van der Waals surface area contributed by atoms with E-state index in [1.807, 2.05) is 36.4 Å². The summed E-state index contributed by atoms with van der Waals surface area (Å²) in [6.07, 6.45) is 0.898. The van der Waals surface area contributed by atoms with Gasteiger partial charge in [0.1, 0.15) is 11.4 Å². The average Bonchev–Trinajstić information content (AvgIpc) is 2.77. The highest BCUT2D eigenvalue weighted by molar-refractivity contribution is 6.30. The number of phenolic OH excluding ortho intramolecular Hbond substituents is 1. The first kappa shape index (κ1) is 27.3. The molecule has 0 saturated carbocycles. The van der Waals surface area contributed by atoms with E-state index in [4.69, 9.17) is 11.6 Å². The van der Waals surface area contributed by atoms with Crippen LogP contribution in [0.2, 0.25) is 5.02 Å². The minimum atomic E-state index is -0.549. The van der Waals surface area contributed by atoms with Crippen LogP contribution >= 0.6 is 11.6 Å². The Hall–Kier alpha value is -3.25. The molecule has 7 heteroatoms. The maximum absolute atomic E-state index is 11.5. The third kappa shape index (κ3) is 6.11. The van der Waals surface area contributed by atoms with Crippen LogP contribution < -0.4 is 0 Å². The van der Waals surface area contributed by atoms with Crippen LogP contribution in [0.1, 0.15) is 71.6 Å². The highest BCUT2D eigenvalue weighted by atomic mass is 35.5. The minimum Gasteiger partial charge on any atom is -0.505 e. The summed E-state index contributed by atoms with van der Waals surface area (Å²) in [6.45, 7) is 15.1. The first-order chi connectivity index (χ1) is 16.6. The number of halogens is 1. The summed E-state index contributed by atoms with van der Waals surface area (Å²) < 4.78 is 0. The molecule has 0 aliphatic heterocycles. The van der Waals surface area contributed by atoms with Crippen molar-refractivity contribution in [3.8, 4) is 5.75 Å². The number of nitrogens with zero attached hydrogens (tertiary/aromatic N) is 3. The summed E-state index contributed by atoms with van der Waals surface area (Å²) in [5, 5.41) is 31.6. The van der Waals surface area contributed by atoms with Crippen molar-refractivity contribution in [3.05, 3.63) is 92.5 Å². The van der Waals surface area contributed by atoms with Crippen LogP contribution in [0.15, 0.2) is 70.9 Å². The van der Waals surface area contributed by atoms with Gasteiger partial charge in [-0.2, -0.15) is 0 Å². The molecule has 3 aromatic carbocycles. The molecule has 0 fully saturated rings. The van der Waals surface area contributed by atoms with Crippen molar-refractivity contribution in [2.24, 2.45) is 15.6 Å². The highest BCUT2D eigenvalue weighted by Crippen LogP contribution is 2.47. The summed E-state index contributed by atoms with van der Waals surface area (Å²) in [6, 6.07) is 18.1. The molecular weight excluding hydrogens is 474 g/mol. The largest absolute Gasteiger partial charge is 0.505 e. The van der Waals surface area contributed by atoms with Crippen LogP contribution in [0.4, 0.5) is 17.1 Å². The van der Waals surface area contributed by atoms with Gasteiger partial charge in [0.15, 0.2) is 5.69 Å². The van der Waals surface area contributed by atoms with Crippen molar-refractivity contribution in [2.75, 3.05) is 0 Å². The Morgan fingerprint density at radius 2 is 1.47 bits per heavy atom. The fourth-order valence-corrected chi connectivity index (χ4v) is 5.00. The predicted octanol–water partition coefficient (Wildman–Crippen LogP) is 9.41. The van der Waals surface area contributed by atoms with E-state index in [9.17, 15) is 15.2 Å². The molecular formula is C29H34ClN3O3. The quantitative estimate of drug-likeness (QED) is 0.196. The molecule has 0 radical (unpaired) electrons. The first-order valence-corrected chi connectivity index (χ1v) is 12.3. The van der Waals surface area contributed by atoms with Gasteiger partial charge in [-0.05, 0) is 46.6 Å². The third-order valence-electron chi connectivity index (χ3n) is 6.41. The van der Waals surface area contributed by atoms with Gasteiger partial charge in [0.25, 0.3) is 5.69 Å². The van der Waals surface area contributed by atoms with Crippen LogP contribution in [-0.4, -0.2) is 10.0 Å². The van der Waals surface area contributed by atoms with Gasteiger partial charge in [-0.25, -0.2) is 0 Å². The SMILES string of the molecule is CC(C)(C)CC(C)(C)c1cc(N=Nc2ccc(Cl)cc2[N+](=O)[O-])c(O)c(C(C)(C)c2ccccc2)c1. The monoisotopic (exact) mass is 507 g/mol. The van der Waals surface area contributed by atoms with Crippen molar-refractivity contribution in [1.82, 2.24) is 0 Å². The smallest absolute Gasteiger partial charge is 0.298 e. The second kappa shape index (κ2) is 10.0. The third-order valence-corrected chi connectivity index (χ3v) is 6.65. The Morgan fingerprint density at radius 1 is 0.861 bits per heavy atom. The lowest BCUT2D eigenvalue weighted by Gasteiger charge is -2.35. The lowest BCUT2D eigenvalue weighted by Crippen LogP contribution is -2.26. The minimum absolute atomic E-state index is 0.000437. The molecule has 6 nitrogen and oxygen atoms in total. The normalized spacial score (nSPS) is 12.8. The zero-order valence-corrected chi connectivity index (χ0v) is 22.7. The Balaban J connectivity index is 2.23. The van der Waals surface area contributed by atoms with E-state index < -0.39 is 10.3 Å². The van der Waals surface area contributed by atoms with E-state index in [2.05, 4.69) is 64.8 Å². The van der Waals surface area contributed by atoms with E-state index in [1.54, 1.807) is 0 Å². The topological polar surface area (TPSA) is 88.1 Å². The number of nitro groups is 1. The first-order valence-electron chi connectivity index (χ1n) is 11.9. The van der Waals surface area contributed by atoms with Crippen LogP contribution in [0.25, 0.3) is 0 Å². The summed E-state index contributed by atoms with van der Waals surface area (Å²) in [4.78, 5) is 11.0. The number of benzene rings is 3. The molecule has 190 valence electrons. The number of phenols is 1. The number of azo groups is 1. The van der Waals surface area contributed by atoms with Crippen LogP contribution in [0.3, 0.4) is 0 Å². The number of nitro benzene ring substituents is 1. The maximum atomic E-state index is 11.5. The molecule has 0 bridgehead atoms. The number of hydrogen-bond acceptors (Lipinski definition) is 5. The van der Waals surface area contributed by atoms with Gasteiger partial charge in [-0.1, -0.05) is 96.5 Å². The van der Waals surface area contributed by atoms with Gasteiger partial charge in [-0.3, -0.25) is 10.1 Å². The maximum Gasteiger partial charge on any atom is 0.298 e. The van der Waals surface area contributed by atoms with Gasteiger partial charge in [0.05, 0.1) is 4.92 Å². The fourth-order valence-electron chi connectivity index (χ4n) is 4.84.